The second kappa shape index (κ2) is 13.3. The highest BCUT2D eigenvalue weighted by Gasteiger charge is 2.39. The van der Waals surface area contributed by atoms with Crippen molar-refractivity contribution in [3.63, 3.8) is 0 Å². The van der Waals surface area contributed by atoms with Crippen molar-refractivity contribution in [1.29, 1.82) is 0 Å². The number of halogens is 4. The molecule has 2 aliphatic rings. The topological polar surface area (TPSA) is 41.6 Å². The monoisotopic (exact) mass is 594 g/mol. The van der Waals surface area contributed by atoms with Crippen LogP contribution >= 0.6 is 15.9 Å². The number of allylic oxidation sites excluding steroid dienone is 1. The van der Waals surface area contributed by atoms with Gasteiger partial charge in [0.2, 0.25) is 0 Å². The molecule has 2 aromatic carbocycles. The molecule has 2 aliphatic heterocycles. The van der Waals surface area contributed by atoms with Gasteiger partial charge in [0.1, 0.15) is 0 Å². The molecule has 2 heterocycles. The molecule has 1 N–H and O–H groups in total. The first-order valence-corrected chi connectivity index (χ1v) is 14.1. The van der Waals surface area contributed by atoms with E-state index in [-0.39, 0.29) is 17.5 Å². The summed E-state index contributed by atoms with van der Waals surface area (Å²) in [6, 6.07) is 8.85. The van der Waals surface area contributed by atoms with Crippen molar-refractivity contribution in [3.05, 3.63) is 74.3 Å². The van der Waals surface area contributed by atoms with Gasteiger partial charge < -0.3 is 10.1 Å². The van der Waals surface area contributed by atoms with E-state index in [0.29, 0.717) is 21.6 Å². The van der Waals surface area contributed by atoms with Gasteiger partial charge in [0.15, 0.2) is 0 Å². The summed E-state index contributed by atoms with van der Waals surface area (Å²) in [6.45, 7) is 13.0. The van der Waals surface area contributed by atoms with E-state index in [4.69, 9.17) is 4.74 Å². The fraction of sp³-hybridized carbons (Fsp3) is 0.500. The van der Waals surface area contributed by atoms with Crippen molar-refractivity contribution in [3.8, 4) is 0 Å². The van der Waals surface area contributed by atoms with E-state index in [1.165, 1.54) is 12.2 Å². The standard InChI is InChI=1S/C28H32BrF3N2O2.C2H6/c1-17-12-21(13-18(2)19(17)3)25(28(30,31)32)7-5-20-4-6-24(26(29)14-20)27(35)33-22-8-10-34(11-9-22)23-15-36-16-23;1-2/h4-7,12-14,22-23,25H,8-11,15-16H2,1-3H3,(H,33,35);1-2H3/b7-5+;. The highest BCUT2D eigenvalue weighted by Crippen LogP contribution is 2.38. The molecule has 0 saturated carbocycles. The maximum atomic E-state index is 13.9. The number of carbonyl (C=O) groups excluding carboxylic acids is 1. The fourth-order valence-electron chi connectivity index (χ4n) is 4.79. The number of rotatable bonds is 6. The molecule has 1 unspecified atom stereocenters. The molecule has 4 nitrogen and oxygen atoms in total. The SMILES string of the molecule is CC.Cc1cc(C(/C=C/c2ccc(C(=O)NC3CCN(C4COC4)CC3)c(Br)c2)C(F)(F)F)cc(C)c1C. The summed E-state index contributed by atoms with van der Waals surface area (Å²) < 4.78 is 47.6. The van der Waals surface area contributed by atoms with Crippen LogP contribution in [0.4, 0.5) is 13.2 Å². The van der Waals surface area contributed by atoms with Crippen LogP contribution in [0.1, 0.15) is 70.8 Å². The van der Waals surface area contributed by atoms with Crippen molar-refractivity contribution >= 4 is 27.9 Å². The summed E-state index contributed by atoms with van der Waals surface area (Å²) in [5, 5.41) is 3.10. The number of amides is 1. The van der Waals surface area contributed by atoms with E-state index in [0.717, 1.165) is 55.8 Å². The lowest BCUT2D eigenvalue weighted by Crippen LogP contribution is -2.54. The third-order valence-corrected chi connectivity index (χ3v) is 8.04. The second-order valence-electron chi connectivity index (χ2n) is 9.87. The molecule has 0 bridgehead atoms. The van der Waals surface area contributed by atoms with Crippen LogP contribution in [0.15, 0.2) is 40.9 Å². The summed E-state index contributed by atoms with van der Waals surface area (Å²) >= 11 is 3.44. The Morgan fingerprint density at radius 3 is 2.18 bits per heavy atom. The molecule has 0 aliphatic carbocycles. The van der Waals surface area contributed by atoms with Crippen LogP contribution in [0.25, 0.3) is 6.08 Å². The molecule has 208 valence electrons. The van der Waals surface area contributed by atoms with Crippen LogP contribution in [0, 0.1) is 20.8 Å². The van der Waals surface area contributed by atoms with Crippen LogP contribution < -0.4 is 5.32 Å². The van der Waals surface area contributed by atoms with Gasteiger partial charge in [0, 0.05) is 23.6 Å². The third kappa shape index (κ3) is 7.48. The van der Waals surface area contributed by atoms with Crippen molar-refractivity contribution in [2.45, 2.75) is 71.6 Å². The summed E-state index contributed by atoms with van der Waals surface area (Å²) in [7, 11) is 0. The van der Waals surface area contributed by atoms with Crippen molar-refractivity contribution < 1.29 is 22.7 Å². The number of aryl methyl sites for hydroxylation is 2. The number of nitrogens with zero attached hydrogens (tertiary/aromatic N) is 1. The predicted octanol–water partition coefficient (Wildman–Crippen LogP) is 7.35. The van der Waals surface area contributed by atoms with Crippen molar-refractivity contribution in [1.82, 2.24) is 10.2 Å². The largest absolute Gasteiger partial charge is 0.399 e. The minimum Gasteiger partial charge on any atom is -0.378 e. The zero-order valence-corrected chi connectivity index (χ0v) is 24.4. The van der Waals surface area contributed by atoms with E-state index in [1.54, 1.807) is 30.3 Å². The lowest BCUT2D eigenvalue weighted by atomic mass is 9.91. The molecule has 0 aromatic heterocycles. The Labute approximate surface area is 232 Å². The smallest absolute Gasteiger partial charge is 0.378 e. The lowest BCUT2D eigenvalue weighted by molar-refractivity contribution is -0.139. The number of hydrogen-bond acceptors (Lipinski definition) is 3. The molecular weight excluding hydrogens is 557 g/mol. The molecule has 2 fully saturated rings. The van der Waals surface area contributed by atoms with E-state index >= 15 is 0 Å². The molecule has 2 saturated heterocycles. The highest BCUT2D eigenvalue weighted by molar-refractivity contribution is 9.10. The molecule has 8 heteroatoms. The molecule has 1 atom stereocenters. The Morgan fingerprint density at radius 2 is 1.68 bits per heavy atom. The Balaban J connectivity index is 0.00000195. The normalized spacial score (nSPS) is 18.0. The van der Waals surface area contributed by atoms with Crippen LogP contribution in [-0.2, 0) is 4.74 Å². The molecule has 1 amide bonds. The molecule has 2 aromatic rings. The fourth-order valence-corrected chi connectivity index (χ4v) is 5.37. The number of likely N-dealkylation sites (tertiary alicyclic amines) is 1. The minimum absolute atomic E-state index is 0.107. The zero-order chi connectivity index (χ0) is 28.0. The first-order chi connectivity index (χ1) is 18.0. The van der Waals surface area contributed by atoms with Gasteiger partial charge in [-0.1, -0.05) is 44.2 Å². The van der Waals surface area contributed by atoms with Crippen LogP contribution in [-0.4, -0.2) is 55.4 Å². The van der Waals surface area contributed by atoms with Gasteiger partial charge in [-0.05, 0) is 89.5 Å². The molecule has 0 radical (unpaired) electrons. The Bertz CT molecular complexity index is 1110. The van der Waals surface area contributed by atoms with Crippen molar-refractivity contribution in [2.24, 2.45) is 0 Å². The average Bonchev–Trinajstić information content (AvgIpc) is 2.83. The average molecular weight is 596 g/mol. The van der Waals surface area contributed by atoms with Gasteiger partial charge >= 0.3 is 6.18 Å². The van der Waals surface area contributed by atoms with Gasteiger partial charge in [-0.3, -0.25) is 9.69 Å². The maximum Gasteiger partial charge on any atom is 0.399 e. The van der Waals surface area contributed by atoms with E-state index < -0.39 is 12.1 Å². The molecule has 0 spiro atoms. The Kier molecular flexibility index (Phi) is 10.6. The molecular formula is C30H38BrF3N2O2. The number of piperidine rings is 1. The van der Waals surface area contributed by atoms with Crippen LogP contribution in [0.5, 0.6) is 0 Å². The summed E-state index contributed by atoms with van der Waals surface area (Å²) in [4.78, 5) is 15.3. The molecule has 38 heavy (non-hydrogen) atoms. The minimum atomic E-state index is -4.41. The Morgan fingerprint density at radius 1 is 1.08 bits per heavy atom. The zero-order valence-electron chi connectivity index (χ0n) is 22.8. The third-order valence-electron chi connectivity index (χ3n) is 7.38. The lowest BCUT2D eigenvalue weighted by Gasteiger charge is -2.41. The predicted molar refractivity (Wildman–Crippen MR) is 151 cm³/mol. The quantitative estimate of drug-likeness (QED) is 0.380. The number of ether oxygens (including phenoxy) is 1. The van der Waals surface area contributed by atoms with Crippen molar-refractivity contribution in [2.75, 3.05) is 26.3 Å². The number of carbonyl (C=O) groups is 1. The first-order valence-electron chi connectivity index (χ1n) is 13.3. The molecule has 4 rings (SSSR count). The summed E-state index contributed by atoms with van der Waals surface area (Å²) in [6.07, 6.45) is 0.0128. The van der Waals surface area contributed by atoms with Gasteiger partial charge in [-0.25, -0.2) is 0 Å². The number of hydrogen-bond donors (Lipinski definition) is 1. The number of nitrogens with one attached hydrogen (secondary N) is 1. The number of benzene rings is 2. The van der Waals surface area contributed by atoms with Crippen LogP contribution in [0.3, 0.4) is 0 Å². The van der Waals surface area contributed by atoms with E-state index in [1.807, 2.05) is 34.6 Å². The van der Waals surface area contributed by atoms with Crippen LogP contribution in [0.2, 0.25) is 0 Å². The number of alkyl halides is 3. The first kappa shape index (κ1) is 30.4. The van der Waals surface area contributed by atoms with Gasteiger partial charge in [0.25, 0.3) is 5.91 Å². The maximum absolute atomic E-state index is 13.9. The second-order valence-corrected chi connectivity index (χ2v) is 10.7. The van der Waals surface area contributed by atoms with Gasteiger partial charge in [0.05, 0.1) is 30.7 Å². The summed E-state index contributed by atoms with van der Waals surface area (Å²) in [5.41, 5.74) is 3.97. The Hall–Kier alpha value is -2.16. The summed E-state index contributed by atoms with van der Waals surface area (Å²) in [5.74, 6) is -1.89. The van der Waals surface area contributed by atoms with Gasteiger partial charge in [-0.15, -0.1) is 0 Å². The van der Waals surface area contributed by atoms with Gasteiger partial charge in [-0.2, -0.15) is 13.2 Å². The van der Waals surface area contributed by atoms with E-state index in [2.05, 4.69) is 26.1 Å². The van der Waals surface area contributed by atoms with E-state index in [9.17, 15) is 18.0 Å². The highest BCUT2D eigenvalue weighted by atomic mass is 79.9.